The van der Waals surface area contributed by atoms with E-state index in [1.165, 1.54) is 5.56 Å². The van der Waals surface area contributed by atoms with Gasteiger partial charge in [-0.1, -0.05) is 31.2 Å². The minimum atomic E-state index is 0.634. The van der Waals surface area contributed by atoms with Crippen LogP contribution in [0.1, 0.15) is 18.3 Å². The number of para-hydroxylation sites is 2. The SMILES string of the molecule is CCc1cccc(NC(=S)NCCc2nc3ccccc3[nH]2)c1. The van der Waals surface area contributed by atoms with E-state index in [4.69, 9.17) is 12.2 Å². The molecule has 118 valence electrons. The molecule has 3 aromatic rings. The summed E-state index contributed by atoms with van der Waals surface area (Å²) in [4.78, 5) is 7.88. The van der Waals surface area contributed by atoms with Gasteiger partial charge in [0.05, 0.1) is 11.0 Å². The molecule has 0 aliphatic heterocycles. The highest BCUT2D eigenvalue weighted by Crippen LogP contribution is 2.11. The summed E-state index contributed by atoms with van der Waals surface area (Å²) < 4.78 is 0. The first-order valence-corrected chi connectivity index (χ1v) is 8.23. The van der Waals surface area contributed by atoms with Gasteiger partial charge in [0.1, 0.15) is 5.82 Å². The number of aromatic amines is 1. The molecule has 0 atom stereocenters. The molecule has 4 nitrogen and oxygen atoms in total. The summed E-state index contributed by atoms with van der Waals surface area (Å²) in [7, 11) is 0. The fraction of sp³-hybridized carbons (Fsp3) is 0.222. The minimum absolute atomic E-state index is 0.634. The van der Waals surface area contributed by atoms with Crippen molar-refractivity contribution in [2.75, 3.05) is 11.9 Å². The first-order valence-electron chi connectivity index (χ1n) is 7.82. The van der Waals surface area contributed by atoms with Crippen LogP contribution in [0.5, 0.6) is 0 Å². The normalized spacial score (nSPS) is 10.7. The van der Waals surface area contributed by atoms with Gasteiger partial charge in [-0.15, -0.1) is 0 Å². The van der Waals surface area contributed by atoms with Crippen molar-refractivity contribution in [3.63, 3.8) is 0 Å². The number of nitrogens with one attached hydrogen (secondary N) is 3. The van der Waals surface area contributed by atoms with Crippen molar-refractivity contribution in [3.8, 4) is 0 Å². The standard InChI is InChI=1S/C18H20N4S/c1-2-13-6-5-7-14(12-13)20-18(23)19-11-10-17-21-15-8-3-4-9-16(15)22-17/h3-9,12H,2,10-11H2,1H3,(H,21,22)(H2,19,20,23). The van der Waals surface area contributed by atoms with Crippen LogP contribution in [0.25, 0.3) is 11.0 Å². The average molecular weight is 324 g/mol. The van der Waals surface area contributed by atoms with E-state index >= 15 is 0 Å². The van der Waals surface area contributed by atoms with Crippen molar-refractivity contribution in [1.29, 1.82) is 0 Å². The Morgan fingerprint density at radius 2 is 2.04 bits per heavy atom. The lowest BCUT2D eigenvalue weighted by molar-refractivity contribution is 0.832. The topological polar surface area (TPSA) is 52.7 Å². The summed E-state index contributed by atoms with van der Waals surface area (Å²) >= 11 is 5.34. The van der Waals surface area contributed by atoms with E-state index in [-0.39, 0.29) is 0 Å². The Morgan fingerprint density at radius 3 is 2.87 bits per heavy atom. The van der Waals surface area contributed by atoms with Crippen molar-refractivity contribution in [2.45, 2.75) is 19.8 Å². The first-order chi connectivity index (χ1) is 11.2. The molecule has 2 aromatic carbocycles. The summed E-state index contributed by atoms with van der Waals surface area (Å²) in [6, 6.07) is 16.3. The number of hydrogen-bond donors (Lipinski definition) is 3. The van der Waals surface area contributed by atoms with Gasteiger partial charge in [-0.3, -0.25) is 0 Å². The van der Waals surface area contributed by atoms with Gasteiger partial charge in [-0.2, -0.15) is 0 Å². The number of imidazole rings is 1. The Bertz CT molecular complexity index is 776. The molecule has 0 saturated carbocycles. The van der Waals surface area contributed by atoms with Crippen LogP contribution in [0, 0.1) is 0 Å². The molecule has 1 aromatic heterocycles. The van der Waals surface area contributed by atoms with Crippen LogP contribution >= 0.6 is 12.2 Å². The summed E-state index contributed by atoms with van der Waals surface area (Å²) in [5.74, 6) is 0.967. The van der Waals surface area contributed by atoms with Crippen molar-refractivity contribution < 1.29 is 0 Å². The second-order valence-electron chi connectivity index (χ2n) is 5.39. The summed E-state index contributed by atoms with van der Waals surface area (Å²) in [5, 5.41) is 7.07. The van der Waals surface area contributed by atoms with Gasteiger partial charge in [0.2, 0.25) is 0 Å². The van der Waals surface area contributed by atoms with Gasteiger partial charge >= 0.3 is 0 Å². The molecule has 0 spiro atoms. The van der Waals surface area contributed by atoms with Crippen LogP contribution in [0.15, 0.2) is 48.5 Å². The third-order valence-corrected chi connectivity index (χ3v) is 3.93. The Hall–Kier alpha value is -2.40. The van der Waals surface area contributed by atoms with E-state index < -0.39 is 0 Å². The zero-order valence-corrected chi connectivity index (χ0v) is 13.9. The van der Waals surface area contributed by atoms with Crippen LogP contribution in [-0.4, -0.2) is 21.6 Å². The molecule has 0 radical (unpaired) electrons. The Morgan fingerprint density at radius 1 is 1.17 bits per heavy atom. The van der Waals surface area contributed by atoms with Gasteiger partial charge in [0, 0.05) is 18.7 Å². The molecule has 23 heavy (non-hydrogen) atoms. The largest absolute Gasteiger partial charge is 0.362 e. The maximum Gasteiger partial charge on any atom is 0.170 e. The Labute approximate surface area is 141 Å². The number of aryl methyl sites for hydroxylation is 1. The lowest BCUT2D eigenvalue weighted by atomic mass is 10.1. The minimum Gasteiger partial charge on any atom is -0.362 e. The molecule has 0 aliphatic rings. The third kappa shape index (κ3) is 4.07. The van der Waals surface area contributed by atoms with E-state index in [0.717, 1.165) is 41.9 Å². The number of rotatable bonds is 5. The summed E-state index contributed by atoms with van der Waals surface area (Å²) in [5.41, 5.74) is 4.38. The summed E-state index contributed by atoms with van der Waals surface area (Å²) in [6.07, 6.45) is 1.81. The maximum atomic E-state index is 5.34. The smallest absolute Gasteiger partial charge is 0.170 e. The quantitative estimate of drug-likeness (QED) is 0.627. The predicted molar refractivity (Wildman–Crippen MR) is 99.8 cm³/mol. The Balaban J connectivity index is 1.50. The van der Waals surface area contributed by atoms with Gasteiger partial charge in [0.15, 0.2) is 5.11 Å². The first kappa shape index (κ1) is 15.5. The number of fused-ring (bicyclic) bond motifs is 1. The number of hydrogen-bond acceptors (Lipinski definition) is 2. The van der Waals surface area contributed by atoms with Crippen molar-refractivity contribution in [2.24, 2.45) is 0 Å². The molecule has 1 heterocycles. The molecule has 3 N–H and O–H groups in total. The Kier molecular flexibility index (Phi) is 4.88. The lowest BCUT2D eigenvalue weighted by Crippen LogP contribution is -2.30. The predicted octanol–water partition coefficient (Wildman–Crippen LogP) is 3.65. The number of anilines is 1. The highest BCUT2D eigenvalue weighted by Gasteiger charge is 2.03. The lowest BCUT2D eigenvalue weighted by Gasteiger charge is -2.10. The number of aromatic nitrogens is 2. The fourth-order valence-corrected chi connectivity index (χ4v) is 2.68. The average Bonchev–Trinajstić information content (AvgIpc) is 2.97. The van der Waals surface area contributed by atoms with Crippen LogP contribution in [0.4, 0.5) is 5.69 Å². The van der Waals surface area contributed by atoms with Crippen molar-refractivity contribution in [1.82, 2.24) is 15.3 Å². The van der Waals surface area contributed by atoms with E-state index in [2.05, 4.69) is 39.7 Å². The van der Waals surface area contributed by atoms with Crippen molar-refractivity contribution >= 4 is 34.1 Å². The molecule has 0 bridgehead atoms. The molecule has 0 unspecified atom stereocenters. The van der Waals surface area contributed by atoms with Crippen LogP contribution in [0.2, 0.25) is 0 Å². The maximum absolute atomic E-state index is 5.34. The molecule has 5 heteroatoms. The van der Waals surface area contributed by atoms with E-state index in [1.807, 2.05) is 36.4 Å². The third-order valence-electron chi connectivity index (χ3n) is 3.68. The molecular weight excluding hydrogens is 304 g/mol. The van der Waals surface area contributed by atoms with Gasteiger partial charge in [0.25, 0.3) is 0 Å². The zero-order chi connectivity index (χ0) is 16.1. The highest BCUT2D eigenvalue weighted by atomic mass is 32.1. The molecule has 3 rings (SSSR count). The van der Waals surface area contributed by atoms with Crippen LogP contribution in [-0.2, 0) is 12.8 Å². The highest BCUT2D eigenvalue weighted by molar-refractivity contribution is 7.80. The van der Waals surface area contributed by atoms with Gasteiger partial charge in [-0.25, -0.2) is 4.98 Å². The summed E-state index contributed by atoms with van der Waals surface area (Å²) in [6.45, 7) is 2.88. The van der Waals surface area contributed by atoms with E-state index in [0.29, 0.717) is 5.11 Å². The number of benzene rings is 2. The number of H-pyrrole nitrogens is 1. The van der Waals surface area contributed by atoms with E-state index in [1.54, 1.807) is 0 Å². The second-order valence-corrected chi connectivity index (χ2v) is 5.79. The monoisotopic (exact) mass is 324 g/mol. The molecular formula is C18H20N4S. The van der Waals surface area contributed by atoms with Crippen LogP contribution in [0.3, 0.4) is 0 Å². The molecule has 0 saturated heterocycles. The molecule has 0 amide bonds. The molecule has 0 fully saturated rings. The fourth-order valence-electron chi connectivity index (χ4n) is 2.46. The number of nitrogens with zero attached hydrogens (tertiary/aromatic N) is 1. The molecule has 0 aliphatic carbocycles. The van der Waals surface area contributed by atoms with Gasteiger partial charge in [-0.05, 0) is 48.5 Å². The van der Waals surface area contributed by atoms with Crippen LogP contribution < -0.4 is 10.6 Å². The van der Waals surface area contributed by atoms with Crippen molar-refractivity contribution in [3.05, 3.63) is 59.9 Å². The number of thiocarbonyl (C=S) groups is 1. The van der Waals surface area contributed by atoms with E-state index in [9.17, 15) is 0 Å². The second kappa shape index (κ2) is 7.24. The zero-order valence-electron chi connectivity index (χ0n) is 13.1. The van der Waals surface area contributed by atoms with Gasteiger partial charge < -0.3 is 15.6 Å².